The van der Waals surface area contributed by atoms with E-state index in [2.05, 4.69) is 71.9 Å². The fraction of sp³-hybridized carbons (Fsp3) is 0.594. The molecule has 1 unspecified atom stereocenters. The molecule has 196 valence electrons. The number of Topliss-reactive ketones (excluding diaryl/α,β-unsaturated/α-hetero) is 1. The summed E-state index contributed by atoms with van der Waals surface area (Å²) in [6.45, 7) is 10.7. The van der Waals surface area contributed by atoms with Crippen molar-refractivity contribution in [3.05, 3.63) is 64.9 Å². The van der Waals surface area contributed by atoms with Crippen LogP contribution in [0.1, 0.15) is 90.0 Å². The van der Waals surface area contributed by atoms with Gasteiger partial charge in [-0.25, -0.2) is 0 Å². The number of carbonyl (C=O) groups is 1. The molecule has 0 amide bonds. The molecule has 1 aromatic rings. The lowest BCUT2D eigenvalue weighted by atomic mass is 9.85. The Balaban J connectivity index is 1.33. The highest BCUT2D eigenvalue weighted by molar-refractivity contribution is 5.79. The van der Waals surface area contributed by atoms with Gasteiger partial charge in [0, 0.05) is 49.3 Å². The van der Waals surface area contributed by atoms with Gasteiger partial charge in [0.1, 0.15) is 5.78 Å². The van der Waals surface area contributed by atoms with Crippen LogP contribution in [0.3, 0.4) is 0 Å². The molecule has 4 rings (SSSR count). The van der Waals surface area contributed by atoms with Crippen molar-refractivity contribution in [2.45, 2.75) is 90.5 Å². The van der Waals surface area contributed by atoms with E-state index >= 15 is 0 Å². The third-order valence-corrected chi connectivity index (χ3v) is 8.28. The number of hydrogen-bond donors (Lipinski definition) is 2. The van der Waals surface area contributed by atoms with Crippen molar-refractivity contribution in [1.29, 1.82) is 0 Å². The minimum atomic E-state index is 0.260. The van der Waals surface area contributed by atoms with Crippen LogP contribution < -0.4 is 10.6 Å². The number of ketones is 1. The van der Waals surface area contributed by atoms with Crippen LogP contribution >= 0.6 is 0 Å². The van der Waals surface area contributed by atoms with Gasteiger partial charge in [0.25, 0.3) is 0 Å². The first-order valence-electron chi connectivity index (χ1n) is 14.4. The summed E-state index contributed by atoms with van der Waals surface area (Å²) in [4.78, 5) is 15.1. The predicted octanol–water partition coefficient (Wildman–Crippen LogP) is 6.98. The van der Waals surface area contributed by atoms with Gasteiger partial charge in [-0.3, -0.25) is 4.79 Å². The van der Waals surface area contributed by atoms with Crippen molar-refractivity contribution in [3.63, 3.8) is 0 Å². The van der Waals surface area contributed by atoms with Gasteiger partial charge in [0.2, 0.25) is 0 Å². The minimum Gasteiger partial charge on any atom is -0.359 e. The number of likely N-dealkylation sites (tertiary alicyclic amines) is 1. The zero-order valence-corrected chi connectivity index (χ0v) is 22.8. The summed E-state index contributed by atoms with van der Waals surface area (Å²) in [5, 5.41) is 7.23. The van der Waals surface area contributed by atoms with Crippen molar-refractivity contribution >= 4 is 11.5 Å². The molecule has 2 heterocycles. The van der Waals surface area contributed by atoms with Crippen LogP contribution in [0.4, 0.5) is 5.69 Å². The molecule has 0 saturated carbocycles. The number of nitrogens with zero attached hydrogens (tertiary/aromatic N) is 1. The van der Waals surface area contributed by atoms with E-state index in [4.69, 9.17) is 0 Å². The molecule has 2 aliphatic heterocycles. The molecule has 36 heavy (non-hydrogen) atoms. The van der Waals surface area contributed by atoms with Gasteiger partial charge < -0.3 is 15.5 Å². The Hall–Kier alpha value is -2.17. The van der Waals surface area contributed by atoms with Crippen LogP contribution in [0.5, 0.6) is 0 Å². The van der Waals surface area contributed by atoms with E-state index in [0.717, 1.165) is 31.1 Å². The van der Waals surface area contributed by atoms with Gasteiger partial charge >= 0.3 is 0 Å². The molecule has 3 aliphatic rings. The third-order valence-electron chi connectivity index (χ3n) is 8.28. The molecule has 2 N–H and O–H groups in total. The molecule has 0 spiro atoms. The molecule has 2 saturated heterocycles. The van der Waals surface area contributed by atoms with Gasteiger partial charge in [-0.2, -0.15) is 0 Å². The van der Waals surface area contributed by atoms with Crippen LogP contribution in [0.2, 0.25) is 0 Å². The summed E-state index contributed by atoms with van der Waals surface area (Å²) in [6, 6.07) is 9.32. The second-order valence-corrected chi connectivity index (χ2v) is 11.2. The predicted molar refractivity (Wildman–Crippen MR) is 152 cm³/mol. The van der Waals surface area contributed by atoms with Crippen LogP contribution in [-0.2, 0) is 4.79 Å². The average molecular weight is 490 g/mol. The lowest BCUT2D eigenvalue weighted by Gasteiger charge is -2.30. The number of nitrogens with one attached hydrogen (secondary N) is 2. The highest BCUT2D eigenvalue weighted by atomic mass is 16.1. The fourth-order valence-electron chi connectivity index (χ4n) is 6.20. The highest BCUT2D eigenvalue weighted by Crippen LogP contribution is 2.32. The Kier molecular flexibility index (Phi) is 10.0. The Bertz CT molecular complexity index is 975. The zero-order chi connectivity index (χ0) is 25.3. The summed E-state index contributed by atoms with van der Waals surface area (Å²) >= 11 is 0. The number of allylic oxidation sites excluding steroid dienone is 4. The smallest absolute Gasteiger partial charge is 0.133 e. The summed E-state index contributed by atoms with van der Waals surface area (Å²) in [5.41, 5.74) is 6.82. The van der Waals surface area contributed by atoms with Crippen LogP contribution in [0.15, 0.2) is 59.3 Å². The first-order chi connectivity index (χ1) is 17.5. The molecule has 0 bridgehead atoms. The maximum atomic E-state index is 12.5. The fourth-order valence-corrected chi connectivity index (χ4v) is 6.20. The molecule has 2 fully saturated rings. The number of anilines is 1. The Morgan fingerprint density at radius 2 is 2.17 bits per heavy atom. The van der Waals surface area contributed by atoms with E-state index in [1.165, 1.54) is 62.9 Å². The number of hydrogen-bond acceptors (Lipinski definition) is 4. The quantitative estimate of drug-likeness (QED) is 0.333. The lowest BCUT2D eigenvalue weighted by molar-refractivity contribution is -0.119. The SMILES string of the molecule is CC/C=C(/C)Nc1cccc([C@H](CC(=O)CC)CN2CC[C@@H](CCC3=CC=C4CCCNC4C3)C2)c1. The molecule has 0 radical (unpaired) electrons. The molecule has 0 aromatic heterocycles. The number of benzene rings is 1. The largest absolute Gasteiger partial charge is 0.359 e. The molecular weight excluding hydrogens is 442 g/mol. The van der Waals surface area contributed by atoms with Gasteiger partial charge in [-0.05, 0) is 88.6 Å². The standard InChI is InChI=1S/C32H47N3O/c1-4-8-24(3)34-30-11-6-9-28(20-30)29(21-31(36)5-2)23-35-18-16-26(22-35)13-12-25-14-15-27-10-7-17-33-32(27)19-25/h6,8-9,11,14-15,20,26,29,32-34H,4-5,7,10,12-13,16-19,21-23H2,1-3H3/b24-8-/t26-,29-,32?/m1/s1. The second kappa shape index (κ2) is 13.4. The van der Waals surface area contributed by atoms with E-state index < -0.39 is 0 Å². The molecule has 1 aliphatic carbocycles. The summed E-state index contributed by atoms with van der Waals surface area (Å²) < 4.78 is 0. The third kappa shape index (κ3) is 7.66. The highest BCUT2D eigenvalue weighted by Gasteiger charge is 2.27. The monoisotopic (exact) mass is 489 g/mol. The van der Waals surface area contributed by atoms with E-state index in [9.17, 15) is 4.79 Å². The maximum absolute atomic E-state index is 12.5. The van der Waals surface area contributed by atoms with Crippen LogP contribution in [0.25, 0.3) is 0 Å². The molecule has 3 atom stereocenters. The first kappa shape index (κ1) is 26.9. The maximum Gasteiger partial charge on any atom is 0.133 e. The average Bonchev–Trinajstić information content (AvgIpc) is 3.34. The minimum absolute atomic E-state index is 0.260. The van der Waals surface area contributed by atoms with E-state index in [-0.39, 0.29) is 5.92 Å². The molecular formula is C32H47N3O. The number of rotatable bonds is 12. The number of piperidine rings is 1. The van der Waals surface area contributed by atoms with Gasteiger partial charge in [0.15, 0.2) is 0 Å². The van der Waals surface area contributed by atoms with Crippen molar-refractivity contribution in [1.82, 2.24) is 10.2 Å². The Morgan fingerprint density at radius 3 is 3.00 bits per heavy atom. The Labute approximate surface area is 219 Å². The summed E-state index contributed by atoms with van der Waals surface area (Å²) in [5.74, 6) is 1.40. The van der Waals surface area contributed by atoms with Crippen LogP contribution in [0, 0.1) is 5.92 Å². The number of fused-ring (bicyclic) bond motifs is 1. The van der Waals surface area contributed by atoms with Gasteiger partial charge in [-0.1, -0.05) is 55.4 Å². The summed E-state index contributed by atoms with van der Waals surface area (Å²) in [7, 11) is 0. The van der Waals surface area contributed by atoms with Gasteiger partial charge in [-0.15, -0.1) is 0 Å². The van der Waals surface area contributed by atoms with E-state index in [0.29, 0.717) is 24.7 Å². The first-order valence-corrected chi connectivity index (χ1v) is 14.4. The molecule has 4 nitrogen and oxygen atoms in total. The van der Waals surface area contributed by atoms with Gasteiger partial charge in [0.05, 0.1) is 0 Å². The number of carbonyl (C=O) groups excluding carboxylic acids is 1. The lowest BCUT2D eigenvalue weighted by Crippen LogP contribution is -2.37. The topological polar surface area (TPSA) is 44.4 Å². The van der Waals surface area contributed by atoms with Crippen molar-refractivity contribution in [2.75, 3.05) is 31.5 Å². The van der Waals surface area contributed by atoms with Crippen molar-refractivity contribution in [2.24, 2.45) is 5.92 Å². The van der Waals surface area contributed by atoms with E-state index in [1.807, 2.05) is 6.92 Å². The zero-order valence-electron chi connectivity index (χ0n) is 22.8. The van der Waals surface area contributed by atoms with Crippen molar-refractivity contribution < 1.29 is 4.79 Å². The van der Waals surface area contributed by atoms with Crippen LogP contribution in [-0.4, -0.2) is 42.9 Å². The normalized spacial score (nSPS) is 23.6. The molecule has 1 aromatic carbocycles. The van der Waals surface area contributed by atoms with E-state index in [1.54, 1.807) is 11.1 Å². The molecule has 4 heteroatoms. The second-order valence-electron chi connectivity index (χ2n) is 11.2. The van der Waals surface area contributed by atoms with Crippen molar-refractivity contribution in [3.8, 4) is 0 Å². The Morgan fingerprint density at radius 1 is 1.28 bits per heavy atom. The summed E-state index contributed by atoms with van der Waals surface area (Å²) in [6.07, 6.45) is 16.9.